The molecule has 0 atom stereocenters. The van der Waals surface area contributed by atoms with E-state index in [0.717, 1.165) is 22.6 Å². The van der Waals surface area contributed by atoms with E-state index in [9.17, 15) is 0 Å². The molecule has 3 rings (SSSR count). The molecule has 2 heteroatoms. The van der Waals surface area contributed by atoms with E-state index in [-0.39, 0.29) is 6.79 Å². The van der Waals surface area contributed by atoms with Crippen molar-refractivity contribution < 1.29 is 9.47 Å². The van der Waals surface area contributed by atoms with Gasteiger partial charge in [0.05, 0.1) is 0 Å². The summed E-state index contributed by atoms with van der Waals surface area (Å²) in [6.07, 6.45) is 0. The summed E-state index contributed by atoms with van der Waals surface area (Å²) in [6, 6.07) is 17.6. The first-order valence-corrected chi connectivity index (χ1v) is 4.72. The van der Waals surface area contributed by atoms with Crippen molar-refractivity contribution in [2.24, 2.45) is 0 Å². The van der Waals surface area contributed by atoms with E-state index in [1.54, 1.807) is 0 Å². The summed E-state index contributed by atoms with van der Waals surface area (Å²) in [4.78, 5) is 0. The molecule has 1 aliphatic rings. The van der Waals surface area contributed by atoms with Gasteiger partial charge in [-0.1, -0.05) is 24.3 Å². The summed E-state index contributed by atoms with van der Waals surface area (Å²) < 4.78 is 10.9. The van der Waals surface area contributed by atoms with Crippen molar-refractivity contribution in [1.82, 2.24) is 0 Å². The largest absolute Gasteiger partial charge is 0.457 e. The molecule has 0 spiro atoms. The van der Waals surface area contributed by atoms with Crippen LogP contribution in [0.1, 0.15) is 0 Å². The van der Waals surface area contributed by atoms with Crippen molar-refractivity contribution in [2.45, 2.75) is 0 Å². The Kier molecular flexibility index (Phi) is 1.85. The minimum atomic E-state index is 0.232. The molecule has 2 aromatic rings. The van der Waals surface area contributed by atoms with Crippen LogP contribution in [0.25, 0.3) is 11.1 Å². The molecule has 1 heterocycles. The normalized spacial score (nSPS) is 12.8. The summed E-state index contributed by atoms with van der Waals surface area (Å²) in [5.74, 6) is 1.58. The summed E-state index contributed by atoms with van der Waals surface area (Å²) in [7, 11) is 0. The van der Waals surface area contributed by atoms with Crippen LogP contribution in [0, 0.1) is 12.1 Å². The Morgan fingerprint density at radius 2 is 1.40 bits per heavy atom. The topological polar surface area (TPSA) is 18.5 Å². The predicted molar refractivity (Wildman–Crippen MR) is 55.7 cm³/mol. The Morgan fingerprint density at radius 1 is 0.867 bits per heavy atom. The van der Waals surface area contributed by atoms with Crippen LogP contribution in [0.15, 0.2) is 36.4 Å². The van der Waals surface area contributed by atoms with Crippen LogP contribution in [0.4, 0.5) is 0 Å². The standard InChI is InChI=1S/C13H8O2/c1-3-7-12-10(5-1)11-6-2-4-8-13(11)15-9-14-12/h1-4,7-8H,9H2. The van der Waals surface area contributed by atoms with Gasteiger partial charge < -0.3 is 9.47 Å². The first-order chi connectivity index (χ1) is 7.45. The molecule has 2 radical (unpaired) electrons. The number of rotatable bonds is 0. The third-order valence-corrected chi connectivity index (χ3v) is 2.31. The maximum Gasteiger partial charge on any atom is 0.230 e. The third-order valence-electron chi connectivity index (χ3n) is 2.31. The van der Waals surface area contributed by atoms with Gasteiger partial charge in [-0.3, -0.25) is 0 Å². The van der Waals surface area contributed by atoms with Gasteiger partial charge in [-0.2, -0.15) is 0 Å². The molecule has 0 saturated heterocycles. The van der Waals surface area contributed by atoms with Gasteiger partial charge in [0, 0.05) is 11.1 Å². The highest BCUT2D eigenvalue weighted by Crippen LogP contribution is 2.37. The zero-order valence-corrected chi connectivity index (χ0v) is 7.99. The number of hydrogen-bond acceptors (Lipinski definition) is 2. The highest BCUT2D eigenvalue weighted by molar-refractivity contribution is 5.75. The second-order valence-corrected chi connectivity index (χ2v) is 3.23. The van der Waals surface area contributed by atoms with E-state index in [1.807, 2.05) is 36.4 Å². The Labute approximate surface area is 88.1 Å². The molecule has 0 N–H and O–H groups in total. The molecule has 0 aliphatic carbocycles. The Hall–Kier alpha value is -1.96. The van der Waals surface area contributed by atoms with Gasteiger partial charge in [-0.15, -0.1) is 0 Å². The van der Waals surface area contributed by atoms with E-state index in [2.05, 4.69) is 12.1 Å². The smallest absolute Gasteiger partial charge is 0.230 e. The maximum absolute atomic E-state index is 5.46. The summed E-state index contributed by atoms with van der Waals surface area (Å²) in [5, 5.41) is 0. The van der Waals surface area contributed by atoms with Gasteiger partial charge in [0.1, 0.15) is 11.5 Å². The molecular weight excluding hydrogens is 188 g/mol. The van der Waals surface area contributed by atoms with Crippen LogP contribution < -0.4 is 9.47 Å². The second kappa shape index (κ2) is 3.31. The lowest BCUT2D eigenvalue weighted by atomic mass is 10.0. The van der Waals surface area contributed by atoms with Gasteiger partial charge >= 0.3 is 0 Å². The van der Waals surface area contributed by atoms with Crippen LogP contribution in [-0.2, 0) is 0 Å². The highest BCUT2D eigenvalue weighted by Gasteiger charge is 2.14. The van der Waals surface area contributed by atoms with E-state index in [0.29, 0.717) is 0 Å². The zero-order chi connectivity index (χ0) is 10.1. The molecule has 0 saturated carbocycles. The Bertz CT molecular complexity index is 446. The quantitative estimate of drug-likeness (QED) is 0.645. The lowest BCUT2D eigenvalue weighted by Crippen LogP contribution is -2.03. The third kappa shape index (κ3) is 1.34. The minimum Gasteiger partial charge on any atom is -0.457 e. The van der Waals surface area contributed by atoms with Crippen LogP contribution in [0.2, 0.25) is 0 Å². The minimum absolute atomic E-state index is 0.232. The zero-order valence-electron chi connectivity index (χ0n) is 7.99. The second-order valence-electron chi connectivity index (χ2n) is 3.23. The lowest BCUT2D eigenvalue weighted by Gasteiger charge is -2.04. The van der Waals surface area contributed by atoms with E-state index >= 15 is 0 Å². The van der Waals surface area contributed by atoms with Crippen LogP contribution in [0.3, 0.4) is 0 Å². The van der Waals surface area contributed by atoms with Crippen molar-refractivity contribution in [3.63, 3.8) is 0 Å². The molecule has 15 heavy (non-hydrogen) atoms. The number of ether oxygens (including phenoxy) is 2. The SMILES string of the molecule is [c]1cccc2c1-c1[c]cccc1OCO2. The summed E-state index contributed by atoms with van der Waals surface area (Å²) in [6.45, 7) is 0.232. The van der Waals surface area contributed by atoms with Crippen molar-refractivity contribution in [2.75, 3.05) is 6.79 Å². The molecule has 0 amide bonds. The van der Waals surface area contributed by atoms with Gasteiger partial charge in [-0.25, -0.2) is 0 Å². The fourth-order valence-electron chi connectivity index (χ4n) is 1.63. The summed E-state index contributed by atoms with van der Waals surface area (Å²) >= 11 is 0. The molecule has 0 unspecified atom stereocenters. The number of hydrogen-bond donors (Lipinski definition) is 0. The molecule has 2 nitrogen and oxygen atoms in total. The number of benzene rings is 2. The molecule has 0 fully saturated rings. The van der Waals surface area contributed by atoms with E-state index in [1.165, 1.54) is 0 Å². The summed E-state index contributed by atoms with van der Waals surface area (Å²) in [5.41, 5.74) is 1.82. The van der Waals surface area contributed by atoms with Crippen molar-refractivity contribution in [3.05, 3.63) is 48.5 Å². The van der Waals surface area contributed by atoms with Crippen LogP contribution in [0.5, 0.6) is 11.5 Å². The van der Waals surface area contributed by atoms with E-state index in [4.69, 9.17) is 9.47 Å². The number of fused-ring (bicyclic) bond motifs is 3. The average molecular weight is 196 g/mol. The van der Waals surface area contributed by atoms with Crippen molar-refractivity contribution in [1.29, 1.82) is 0 Å². The molecule has 1 aliphatic heterocycles. The lowest BCUT2D eigenvalue weighted by molar-refractivity contribution is 0.125. The highest BCUT2D eigenvalue weighted by atomic mass is 16.7. The van der Waals surface area contributed by atoms with Crippen LogP contribution in [-0.4, -0.2) is 6.79 Å². The predicted octanol–water partition coefficient (Wildman–Crippen LogP) is 2.68. The van der Waals surface area contributed by atoms with Gasteiger partial charge in [0.15, 0.2) is 0 Å². The molecule has 0 aromatic heterocycles. The molecule has 0 bridgehead atoms. The Morgan fingerprint density at radius 3 is 1.93 bits per heavy atom. The first kappa shape index (κ1) is 8.36. The van der Waals surface area contributed by atoms with Gasteiger partial charge in [0.25, 0.3) is 0 Å². The van der Waals surface area contributed by atoms with Crippen LogP contribution >= 0.6 is 0 Å². The average Bonchev–Trinajstić information content (AvgIpc) is 2.48. The Balaban J connectivity index is 2.27. The molecule has 72 valence electrons. The van der Waals surface area contributed by atoms with Crippen molar-refractivity contribution in [3.8, 4) is 22.6 Å². The molecular formula is C13H8O2. The van der Waals surface area contributed by atoms with Crippen molar-refractivity contribution >= 4 is 0 Å². The monoisotopic (exact) mass is 196 g/mol. The first-order valence-electron chi connectivity index (χ1n) is 4.72. The van der Waals surface area contributed by atoms with Gasteiger partial charge in [-0.05, 0) is 24.3 Å². The maximum atomic E-state index is 5.46. The van der Waals surface area contributed by atoms with E-state index < -0.39 is 0 Å². The fourth-order valence-corrected chi connectivity index (χ4v) is 1.63. The fraction of sp³-hybridized carbons (Fsp3) is 0.0769. The van der Waals surface area contributed by atoms with Gasteiger partial charge in [0.2, 0.25) is 6.79 Å². The molecule has 2 aromatic carbocycles.